The predicted octanol–water partition coefficient (Wildman–Crippen LogP) is 0.949. The van der Waals surface area contributed by atoms with Gasteiger partial charge in [0.05, 0.1) is 4.92 Å². The second-order valence-corrected chi connectivity index (χ2v) is 8.52. The highest BCUT2D eigenvalue weighted by atomic mass is 16.6. The van der Waals surface area contributed by atoms with Crippen molar-refractivity contribution < 1.29 is 19.5 Å². The zero-order chi connectivity index (χ0) is 21.7. The van der Waals surface area contributed by atoms with Crippen molar-refractivity contribution in [3.63, 3.8) is 0 Å². The van der Waals surface area contributed by atoms with Crippen molar-refractivity contribution >= 4 is 17.3 Å². The average molecular weight is 413 g/mol. The lowest BCUT2D eigenvalue weighted by atomic mass is 10.0. The molecule has 1 amide bonds. The van der Waals surface area contributed by atoms with Gasteiger partial charge in [0.1, 0.15) is 38.4 Å². The van der Waals surface area contributed by atoms with E-state index < -0.39 is 4.92 Å². The number of amides is 1. The van der Waals surface area contributed by atoms with Crippen molar-refractivity contribution in [2.24, 2.45) is 0 Å². The molecule has 0 spiro atoms. The van der Waals surface area contributed by atoms with Gasteiger partial charge in [-0.05, 0) is 24.0 Å². The van der Waals surface area contributed by atoms with Gasteiger partial charge in [0.15, 0.2) is 6.54 Å². The summed E-state index contributed by atoms with van der Waals surface area (Å²) in [6, 6.07) is 13.7. The van der Waals surface area contributed by atoms with Crippen LogP contribution in [0.15, 0.2) is 42.5 Å². The van der Waals surface area contributed by atoms with Crippen LogP contribution in [0.25, 0.3) is 0 Å². The Kier molecular flexibility index (Phi) is 7.18. The summed E-state index contributed by atoms with van der Waals surface area (Å²) >= 11 is 0. The molecule has 1 aliphatic heterocycles. The zero-order valence-corrected chi connectivity index (χ0v) is 18.0. The smallest absolute Gasteiger partial charge is 0.293 e. The van der Waals surface area contributed by atoms with E-state index >= 15 is 0 Å². The minimum absolute atomic E-state index is 0.0592. The van der Waals surface area contributed by atoms with Gasteiger partial charge in [-0.15, -0.1) is 0 Å². The molecule has 0 radical (unpaired) electrons. The minimum atomic E-state index is -0.453. The third-order valence-corrected chi connectivity index (χ3v) is 5.89. The van der Waals surface area contributed by atoms with Crippen LogP contribution < -0.4 is 15.1 Å². The Balaban J connectivity index is 1.49. The van der Waals surface area contributed by atoms with Crippen LogP contribution in [-0.2, 0) is 11.3 Å². The molecule has 7 nitrogen and oxygen atoms in total. The first-order valence-corrected chi connectivity index (χ1v) is 10.6. The van der Waals surface area contributed by atoms with Gasteiger partial charge in [-0.1, -0.05) is 50.2 Å². The quantitative estimate of drug-likeness (QED) is 0.468. The van der Waals surface area contributed by atoms with Gasteiger partial charge < -0.3 is 15.1 Å². The highest BCUT2D eigenvalue weighted by Crippen LogP contribution is 2.27. The first-order chi connectivity index (χ1) is 14.3. The number of aryl methyl sites for hydroxylation is 1. The number of nitro benzene ring substituents is 1. The maximum Gasteiger partial charge on any atom is 0.293 e. The van der Waals surface area contributed by atoms with Crippen LogP contribution in [0, 0.1) is 17.0 Å². The summed E-state index contributed by atoms with van der Waals surface area (Å²) in [4.78, 5) is 26.0. The first kappa shape index (κ1) is 21.9. The van der Waals surface area contributed by atoms with Crippen molar-refractivity contribution in [3.05, 3.63) is 69.3 Å². The minimum Gasteiger partial charge on any atom is -0.322 e. The summed E-state index contributed by atoms with van der Waals surface area (Å²) in [7, 11) is 0. The van der Waals surface area contributed by atoms with Crippen molar-refractivity contribution in [1.82, 2.24) is 0 Å². The topological polar surface area (TPSA) is 81.1 Å². The molecule has 3 N–H and O–H groups in total. The van der Waals surface area contributed by atoms with Gasteiger partial charge in [-0.3, -0.25) is 14.9 Å². The molecule has 0 unspecified atom stereocenters. The fourth-order valence-corrected chi connectivity index (χ4v) is 4.00. The molecule has 1 heterocycles. The van der Waals surface area contributed by atoms with E-state index in [4.69, 9.17) is 0 Å². The number of carbonyl (C=O) groups excluding carboxylic acids is 1. The van der Waals surface area contributed by atoms with E-state index in [0.29, 0.717) is 23.7 Å². The van der Waals surface area contributed by atoms with Gasteiger partial charge >= 0.3 is 0 Å². The molecular weight excluding hydrogens is 380 g/mol. The molecule has 3 rings (SSSR count). The number of quaternary nitrogens is 2. The molecule has 1 aliphatic rings. The van der Waals surface area contributed by atoms with Crippen molar-refractivity contribution in [3.8, 4) is 0 Å². The Morgan fingerprint density at radius 2 is 1.70 bits per heavy atom. The molecule has 0 bridgehead atoms. The van der Waals surface area contributed by atoms with Gasteiger partial charge in [-0.25, -0.2) is 0 Å². The normalized spacial score (nSPS) is 18.9. The summed E-state index contributed by atoms with van der Waals surface area (Å²) < 4.78 is 0. The molecular formula is C23H32N4O3+2. The Labute approximate surface area is 177 Å². The van der Waals surface area contributed by atoms with Gasteiger partial charge in [0.2, 0.25) is 0 Å². The lowest BCUT2D eigenvalue weighted by Crippen LogP contribution is -3.28. The molecule has 0 saturated carbocycles. The van der Waals surface area contributed by atoms with Crippen LogP contribution in [0.5, 0.6) is 0 Å². The number of piperazine rings is 1. The van der Waals surface area contributed by atoms with E-state index in [-0.39, 0.29) is 11.6 Å². The number of carbonyl (C=O) groups is 1. The molecule has 7 heteroatoms. The number of nitro groups is 1. The predicted molar refractivity (Wildman–Crippen MR) is 117 cm³/mol. The van der Waals surface area contributed by atoms with Crippen molar-refractivity contribution in [2.75, 3.05) is 38.0 Å². The molecule has 160 valence electrons. The molecule has 1 fully saturated rings. The number of hydrogen-bond donors (Lipinski definition) is 3. The van der Waals surface area contributed by atoms with Crippen LogP contribution in [-0.4, -0.2) is 43.6 Å². The average Bonchev–Trinajstić information content (AvgIpc) is 2.71. The maximum absolute atomic E-state index is 12.5. The molecule has 0 atom stereocenters. The van der Waals surface area contributed by atoms with Crippen LogP contribution >= 0.6 is 0 Å². The number of nitrogens with zero attached hydrogens (tertiary/aromatic N) is 1. The fourth-order valence-electron chi connectivity index (χ4n) is 4.00. The molecule has 0 aromatic heterocycles. The number of nitrogens with one attached hydrogen (secondary N) is 3. The SMILES string of the molecule is Cc1cccc([N+](=O)[O-])c1NC(=O)C[NH+]1CC[NH+](Cc2ccc(C(C)C)cc2)CC1. The Morgan fingerprint density at radius 1 is 1.07 bits per heavy atom. The lowest BCUT2D eigenvalue weighted by Gasteiger charge is -2.29. The highest BCUT2D eigenvalue weighted by molar-refractivity contribution is 5.94. The summed E-state index contributed by atoms with van der Waals surface area (Å²) in [6.07, 6.45) is 0. The van der Waals surface area contributed by atoms with E-state index in [1.807, 2.05) is 0 Å². The van der Waals surface area contributed by atoms with E-state index in [2.05, 4.69) is 43.4 Å². The Hall–Kier alpha value is -2.77. The maximum atomic E-state index is 12.5. The van der Waals surface area contributed by atoms with Crippen LogP contribution in [0.4, 0.5) is 11.4 Å². The van der Waals surface area contributed by atoms with E-state index in [0.717, 1.165) is 32.7 Å². The Morgan fingerprint density at radius 3 is 2.30 bits per heavy atom. The molecule has 2 aromatic carbocycles. The Bertz CT molecular complexity index is 888. The number of rotatable bonds is 7. The zero-order valence-electron chi connectivity index (χ0n) is 18.0. The second kappa shape index (κ2) is 9.82. The van der Waals surface area contributed by atoms with Crippen LogP contribution in [0.1, 0.15) is 36.5 Å². The molecule has 1 saturated heterocycles. The summed E-state index contributed by atoms with van der Waals surface area (Å²) in [6.45, 7) is 11.4. The van der Waals surface area contributed by atoms with Gasteiger partial charge in [0.25, 0.3) is 11.6 Å². The molecule has 30 heavy (non-hydrogen) atoms. The number of anilines is 1. The van der Waals surface area contributed by atoms with Gasteiger partial charge in [0, 0.05) is 11.6 Å². The van der Waals surface area contributed by atoms with Crippen molar-refractivity contribution in [1.29, 1.82) is 0 Å². The van der Waals surface area contributed by atoms with E-state index in [1.165, 1.54) is 27.0 Å². The number of para-hydroxylation sites is 1. The monoisotopic (exact) mass is 412 g/mol. The molecule has 2 aromatic rings. The second-order valence-electron chi connectivity index (χ2n) is 8.52. The third kappa shape index (κ3) is 5.64. The van der Waals surface area contributed by atoms with Crippen LogP contribution in [0.2, 0.25) is 0 Å². The van der Waals surface area contributed by atoms with Gasteiger partial charge in [-0.2, -0.15) is 0 Å². The highest BCUT2D eigenvalue weighted by Gasteiger charge is 2.26. The standard InChI is InChI=1S/C23H30N4O3/c1-17(2)20-9-7-19(8-10-20)15-25-11-13-26(14-12-25)16-22(28)24-23-18(3)5-4-6-21(23)27(29)30/h4-10,17H,11-16H2,1-3H3,(H,24,28)/p+2. The van der Waals surface area contributed by atoms with E-state index in [9.17, 15) is 14.9 Å². The summed E-state index contributed by atoms with van der Waals surface area (Å²) in [5.74, 6) is 0.376. The van der Waals surface area contributed by atoms with E-state index in [1.54, 1.807) is 19.1 Å². The summed E-state index contributed by atoms with van der Waals surface area (Å²) in [5.41, 5.74) is 3.66. The van der Waals surface area contributed by atoms with Crippen LogP contribution in [0.3, 0.4) is 0 Å². The fraction of sp³-hybridized carbons (Fsp3) is 0.435. The largest absolute Gasteiger partial charge is 0.322 e. The van der Waals surface area contributed by atoms with Crippen molar-refractivity contribution in [2.45, 2.75) is 33.2 Å². The third-order valence-electron chi connectivity index (χ3n) is 5.89. The molecule has 0 aliphatic carbocycles. The lowest BCUT2D eigenvalue weighted by molar-refractivity contribution is -1.02. The first-order valence-electron chi connectivity index (χ1n) is 10.6. The number of benzene rings is 2. The number of hydrogen-bond acceptors (Lipinski definition) is 3. The summed E-state index contributed by atoms with van der Waals surface area (Å²) in [5, 5.41) is 14.0.